The van der Waals surface area contributed by atoms with Crippen molar-refractivity contribution in [3.8, 4) is 0 Å². The quantitative estimate of drug-likeness (QED) is 0.731. The molecule has 3 heterocycles. The molecule has 0 aromatic carbocycles. The van der Waals surface area contributed by atoms with E-state index in [4.69, 9.17) is 0 Å². The largest absolute Gasteiger partial charge is 0.369 e. The molecule has 0 radical (unpaired) electrons. The van der Waals surface area contributed by atoms with Crippen molar-refractivity contribution in [3.05, 3.63) is 35.5 Å². The predicted octanol–water partition coefficient (Wildman–Crippen LogP) is 1.12. The molecule has 7 nitrogen and oxygen atoms in total. The van der Waals surface area contributed by atoms with Crippen molar-refractivity contribution in [2.45, 2.75) is 20.3 Å². The Labute approximate surface area is 110 Å². The van der Waals surface area contributed by atoms with Gasteiger partial charge in [0.05, 0.1) is 0 Å². The first-order valence-corrected chi connectivity index (χ1v) is 6.15. The Kier molecular flexibility index (Phi) is 2.86. The molecule has 0 fully saturated rings. The normalized spacial score (nSPS) is 11.1. The lowest BCUT2D eigenvalue weighted by molar-refractivity contribution is 0.878. The zero-order valence-corrected chi connectivity index (χ0v) is 10.9. The Bertz CT molecular complexity index is 683. The van der Waals surface area contributed by atoms with E-state index in [0.717, 1.165) is 36.0 Å². The third-order valence-electron chi connectivity index (χ3n) is 2.80. The van der Waals surface area contributed by atoms with Gasteiger partial charge in [-0.3, -0.25) is 5.10 Å². The molecule has 0 bridgehead atoms. The van der Waals surface area contributed by atoms with Crippen molar-refractivity contribution in [1.82, 2.24) is 29.8 Å². The number of aryl methyl sites for hydroxylation is 2. The third-order valence-corrected chi connectivity index (χ3v) is 2.80. The summed E-state index contributed by atoms with van der Waals surface area (Å²) < 4.78 is 1.73. The number of H-pyrrole nitrogens is 1. The van der Waals surface area contributed by atoms with Crippen LogP contribution in [-0.2, 0) is 6.42 Å². The van der Waals surface area contributed by atoms with E-state index in [0.29, 0.717) is 5.78 Å². The summed E-state index contributed by atoms with van der Waals surface area (Å²) >= 11 is 0. The van der Waals surface area contributed by atoms with E-state index in [9.17, 15) is 0 Å². The van der Waals surface area contributed by atoms with Gasteiger partial charge in [-0.2, -0.15) is 14.6 Å². The summed E-state index contributed by atoms with van der Waals surface area (Å²) in [5.41, 5.74) is 2.02. The van der Waals surface area contributed by atoms with E-state index >= 15 is 0 Å². The summed E-state index contributed by atoms with van der Waals surface area (Å²) in [5.74, 6) is 2.25. The van der Waals surface area contributed by atoms with Crippen molar-refractivity contribution in [1.29, 1.82) is 0 Å². The Morgan fingerprint density at radius 2 is 2.21 bits per heavy atom. The number of aromatic nitrogens is 6. The van der Waals surface area contributed by atoms with Crippen LogP contribution in [0.4, 0.5) is 5.82 Å². The van der Waals surface area contributed by atoms with E-state index in [2.05, 4.69) is 30.6 Å². The van der Waals surface area contributed by atoms with Crippen LogP contribution in [-0.4, -0.2) is 36.3 Å². The van der Waals surface area contributed by atoms with Gasteiger partial charge >= 0.3 is 0 Å². The third kappa shape index (κ3) is 2.40. The van der Waals surface area contributed by atoms with Crippen LogP contribution in [0.2, 0.25) is 0 Å². The van der Waals surface area contributed by atoms with Crippen molar-refractivity contribution < 1.29 is 0 Å². The number of nitrogens with one attached hydrogen (secondary N) is 2. The molecule has 0 saturated heterocycles. The van der Waals surface area contributed by atoms with Crippen molar-refractivity contribution >= 4 is 11.6 Å². The number of hydrogen-bond donors (Lipinski definition) is 2. The number of aromatic amines is 1. The second kappa shape index (κ2) is 4.68. The van der Waals surface area contributed by atoms with Gasteiger partial charge in [-0.1, -0.05) is 0 Å². The zero-order chi connectivity index (χ0) is 13.2. The van der Waals surface area contributed by atoms with Gasteiger partial charge in [0.1, 0.15) is 11.6 Å². The fraction of sp³-hybridized carbons (Fsp3) is 0.333. The van der Waals surface area contributed by atoms with Gasteiger partial charge in [0.2, 0.25) is 0 Å². The summed E-state index contributed by atoms with van der Waals surface area (Å²) in [4.78, 5) is 8.63. The highest BCUT2D eigenvalue weighted by Gasteiger charge is 2.07. The summed E-state index contributed by atoms with van der Waals surface area (Å²) in [7, 11) is 0. The molecule has 2 N–H and O–H groups in total. The molecule has 0 saturated carbocycles. The number of anilines is 1. The maximum absolute atomic E-state index is 4.35. The number of rotatable bonds is 4. The van der Waals surface area contributed by atoms with Crippen LogP contribution >= 0.6 is 0 Å². The number of fused-ring (bicyclic) bond motifs is 1. The van der Waals surface area contributed by atoms with E-state index in [1.54, 1.807) is 10.7 Å². The van der Waals surface area contributed by atoms with Gasteiger partial charge < -0.3 is 5.32 Å². The second-order valence-electron chi connectivity index (χ2n) is 4.41. The first kappa shape index (κ1) is 11.6. The molecule has 0 spiro atoms. The maximum Gasteiger partial charge on any atom is 0.254 e. The first-order chi connectivity index (χ1) is 9.22. The molecule has 0 aliphatic rings. The SMILES string of the molecule is Cc1cc(NCCc2ccn[nH]2)n2nc(C)nc2n1. The monoisotopic (exact) mass is 257 g/mol. The van der Waals surface area contributed by atoms with Gasteiger partial charge in [0.25, 0.3) is 5.78 Å². The topological polar surface area (TPSA) is 83.8 Å². The van der Waals surface area contributed by atoms with Crippen LogP contribution in [0.5, 0.6) is 0 Å². The minimum Gasteiger partial charge on any atom is -0.369 e. The van der Waals surface area contributed by atoms with Crippen molar-refractivity contribution in [2.75, 3.05) is 11.9 Å². The van der Waals surface area contributed by atoms with Gasteiger partial charge in [-0.15, -0.1) is 5.10 Å². The Hall–Kier alpha value is -2.44. The van der Waals surface area contributed by atoms with Crippen LogP contribution in [0.25, 0.3) is 5.78 Å². The minimum atomic E-state index is 0.626. The molecular weight excluding hydrogens is 242 g/mol. The average molecular weight is 257 g/mol. The predicted molar refractivity (Wildman–Crippen MR) is 71.0 cm³/mol. The molecule has 0 aliphatic carbocycles. The van der Waals surface area contributed by atoms with Crippen LogP contribution < -0.4 is 5.32 Å². The lowest BCUT2D eigenvalue weighted by Gasteiger charge is -2.07. The lowest BCUT2D eigenvalue weighted by atomic mass is 10.3. The van der Waals surface area contributed by atoms with Crippen LogP contribution in [0.3, 0.4) is 0 Å². The Morgan fingerprint density at radius 3 is 3.00 bits per heavy atom. The maximum atomic E-state index is 4.35. The molecule has 3 aromatic rings. The van der Waals surface area contributed by atoms with E-state index in [-0.39, 0.29) is 0 Å². The van der Waals surface area contributed by atoms with E-state index < -0.39 is 0 Å². The Morgan fingerprint density at radius 1 is 1.32 bits per heavy atom. The lowest BCUT2D eigenvalue weighted by Crippen LogP contribution is -2.10. The molecule has 0 unspecified atom stereocenters. The molecule has 3 rings (SSSR count). The second-order valence-corrected chi connectivity index (χ2v) is 4.41. The zero-order valence-electron chi connectivity index (χ0n) is 10.9. The van der Waals surface area contributed by atoms with Gasteiger partial charge in [-0.25, -0.2) is 4.98 Å². The fourth-order valence-electron chi connectivity index (χ4n) is 1.96. The standard InChI is InChI=1S/C12H15N7/c1-8-7-11(13-5-3-10-4-6-14-17-10)19-12(15-8)16-9(2)18-19/h4,6-7,13H,3,5H2,1-2H3,(H,14,17). The highest BCUT2D eigenvalue weighted by molar-refractivity contribution is 5.45. The van der Waals surface area contributed by atoms with Gasteiger partial charge in [-0.05, 0) is 19.9 Å². The molecule has 3 aromatic heterocycles. The number of hydrogen-bond acceptors (Lipinski definition) is 5. The van der Waals surface area contributed by atoms with Crippen molar-refractivity contribution in [3.63, 3.8) is 0 Å². The summed E-state index contributed by atoms with van der Waals surface area (Å²) in [6, 6.07) is 3.93. The summed E-state index contributed by atoms with van der Waals surface area (Å²) in [5, 5.41) is 14.5. The first-order valence-electron chi connectivity index (χ1n) is 6.15. The molecule has 0 amide bonds. The molecule has 7 heteroatoms. The molecular formula is C12H15N7. The molecule has 19 heavy (non-hydrogen) atoms. The molecule has 0 aliphatic heterocycles. The average Bonchev–Trinajstić information content (AvgIpc) is 2.97. The van der Waals surface area contributed by atoms with E-state index in [1.165, 1.54) is 0 Å². The smallest absolute Gasteiger partial charge is 0.254 e. The van der Waals surface area contributed by atoms with Crippen molar-refractivity contribution in [2.24, 2.45) is 0 Å². The number of nitrogens with zero attached hydrogens (tertiary/aromatic N) is 5. The highest BCUT2D eigenvalue weighted by Crippen LogP contribution is 2.11. The molecule has 0 atom stereocenters. The molecule has 98 valence electrons. The summed E-state index contributed by atoms with van der Waals surface area (Å²) in [6.45, 7) is 4.60. The van der Waals surface area contributed by atoms with Crippen LogP contribution in [0.15, 0.2) is 18.3 Å². The van der Waals surface area contributed by atoms with Crippen LogP contribution in [0, 0.1) is 13.8 Å². The van der Waals surface area contributed by atoms with Gasteiger partial charge in [0.15, 0.2) is 0 Å². The fourth-order valence-corrected chi connectivity index (χ4v) is 1.96. The summed E-state index contributed by atoms with van der Waals surface area (Å²) in [6.07, 6.45) is 2.63. The Balaban J connectivity index is 1.79. The highest BCUT2D eigenvalue weighted by atomic mass is 15.4. The van der Waals surface area contributed by atoms with Gasteiger partial charge in [0, 0.05) is 36.6 Å². The minimum absolute atomic E-state index is 0.626. The van der Waals surface area contributed by atoms with E-state index in [1.807, 2.05) is 26.0 Å². The van der Waals surface area contributed by atoms with Crippen LogP contribution in [0.1, 0.15) is 17.2 Å².